The first-order valence-electron chi connectivity index (χ1n) is 5.75. The summed E-state index contributed by atoms with van der Waals surface area (Å²) in [6.07, 6.45) is 0. The van der Waals surface area contributed by atoms with Crippen molar-refractivity contribution in [2.24, 2.45) is 4.99 Å². The molecule has 0 bridgehead atoms. The Morgan fingerprint density at radius 2 is 2.06 bits per heavy atom. The van der Waals surface area contributed by atoms with Gasteiger partial charge in [0.25, 0.3) is 0 Å². The Morgan fingerprint density at radius 3 is 2.56 bits per heavy atom. The monoisotopic (exact) mass is 365 g/mol. The minimum absolute atomic E-state index is 0. The van der Waals surface area contributed by atoms with E-state index in [1.54, 1.807) is 13.0 Å². The van der Waals surface area contributed by atoms with Crippen molar-refractivity contribution in [1.29, 1.82) is 0 Å². The van der Waals surface area contributed by atoms with Crippen LogP contribution in [0.1, 0.15) is 18.1 Å². The van der Waals surface area contributed by atoms with Crippen LogP contribution >= 0.6 is 24.0 Å². The van der Waals surface area contributed by atoms with Gasteiger partial charge < -0.3 is 10.2 Å². The highest BCUT2D eigenvalue weighted by Gasteiger charge is 2.01. The summed E-state index contributed by atoms with van der Waals surface area (Å²) in [6, 6.07) is 5.22. The molecule has 1 aromatic rings. The fraction of sp³-hybridized carbons (Fsp3) is 0.462. The van der Waals surface area contributed by atoms with Crippen LogP contribution in [0.3, 0.4) is 0 Å². The van der Waals surface area contributed by atoms with E-state index in [1.165, 1.54) is 6.07 Å². The maximum Gasteiger partial charge on any atom is 0.193 e. The van der Waals surface area contributed by atoms with Gasteiger partial charge in [-0.25, -0.2) is 9.38 Å². The third kappa shape index (κ3) is 5.20. The fourth-order valence-corrected chi connectivity index (χ4v) is 1.41. The molecule has 3 nitrogen and oxygen atoms in total. The van der Waals surface area contributed by atoms with E-state index in [0.29, 0.717) is 12.1 Å². The molecule has 0 radical (unpaired) electrons. The van der Waals surface area contributed by atoms with Crippen molar-refractivity contribution in [2.45, 2.75) is 20.4 Å². The van der Waals surface area contributed by atoms with Gasteiger partial charge in [-0.3, -0.25) is 0 Å². The SMILES string of the molecule is CCNC(=NCc1ccc(C)c(F)c1)N(C)C.I. The molecule has 1 rings (SSSR count). The minimum atomic E-state index is -0.174. The van der Waals surface area contributed by atoms with Crippen LogP contribution in [0.5, 0.6) is 0 Å². The number of hydrogen-bond acceptors (Lipinski definition) is 1. The summed E-state index contributed by atoms with van der Waals surface area (Å²) in [5, 5.41) is 3.16. The van der Waals surface area contributed by atoms with Crippen LogP contribution in [0, 0.1) is 12.7 Å². The number of nitrogens with zero attached hydrogens (tertiary/aromatic N) is 2. The third-order valence-corrected chi connectivity index (χ3v) is 2.41. The van der Waals surface area contributed by atoms with Crippen LogP contribution in [-0.4, -0.2) is 31.5 Å². The highest BCUT2D eigenvalue weighted by Crippen LogP contribution is 2.10. The maximum absolute atomic E-state index is 13.3. The molecule has 0 unspecified atom stereocenters. The van der Waals surface area contributed by atoms with E-state index >= 15 is 0 Å². The number of rotatable bonds is 3. The van der Waals surface area contributed by atoms with Crippen molar-refractivity contribution < 1.29 is 4.39 Å². The lowest BCUT2D eigenvalue weighted by Gasteiger charge is -2.16. The first-order valence-corrected chi connectivity index (χ1v) is 5.75. The largest absolute Gasteiger partial charge is 0.357 e. The molecule has 0 aliphatic rings. The predicted octanol–water partition coefficient (Wildman–Crippen LogP) is 2.78. The summed E-state index contributed by atoms with van der Waals surface area (Å²) in [5.74, 6) is 0.640. The van der Waals surface area contributed by atoms with Gasteiger partial charge in [0.15, 0.2) is 5.96 Å². The second-order valence-electron chi connectivity index (χ2n) is 4.15. The number of halogens is 2. The molecule has 1 aromatic carbocycles. The number of aliphatic imine (C=N–C) groups is 1. The van der Waals surface area contributed by atoms with Gasteiger partial charge in [0.05, 0.1) is 6.54 Å². The van der Waals surface area contributed by atoms with Crippen LogP contribution in [0.4, 0.5) is 4.39 Å². The molecule has 1 N–H and O–H groups in total. The van der Waals surface area contributed by atoms with E-state index in [1.807, 2.05) is 32.0 Å². The molecule has 0 aliphatic carbocycles. The molecule has 102 valence electrons. The van der Waals surface area contributed by atoms with Gasteiger partial charge in [-0.1, -0.05) is 12.1 Å². The average Bonchev–Trinajstić information content (AvgIpc) is 2.28. The molecule has 0 heterocycles. The molecular weight excluding hydrogens is 344 g/mol. The van der Waals surface area contributed by atoms with Crippen LogP contribution in [-0.2, 0) is 6.54 Å². The van der Waals surface area contributed by atoms with E-state index in [0.717, 1.165) is 18.1 Å². The Hall–Kier alpha value is -0.850. The van der Waals surface area contributed by atoms with Crippen LogP contribution in [0.15, 0.2) is 23.2 Å². The normalized spacial score (nSPS) is 10.8. The zero-order chi connectivity index (χ0) is 12.8. The third-order valence-electron chi connectivity index (χ3n) is 2.41. The van der Waals surface area contributed by atoms with Gasteiger partial charge in [0.1, 0.15) is 5.82 Å². The molecule has 0 saturated carbocycles. The number of aryl methyl sites for hydroxylation is 1. The molecule has 0 saturated heterocycles. The molecule has 0 aromatic heterocycles. The van der Waals surface area contributed by atoms with Crippen LogP contribution in [0.25, 0.3) is 0 Å². The number of nitrogens with one attached hydrogen (secondary N) is 1. The Morgan fingerprint density at radius 1 is 1.39 bits per heavy atom. The van der Waals surface area contributed by atoms with Crippen molar-refractivity contribution in [1.82, 2.24) is 10.2 Å². The van der Waals surface area contributed by atoms with E-state index in [4.69, 9.17) is 0 Å². The van der Waals surface area contributed by atoms with E-state index in [2.05, 4.69) is 10.3 Å². The van der Waals surface area contributed by atoms with Gasteiger partial charge in [-0.15, -0.1) is 24.0 Å². The quantitative estimate of drug-likeness (QED) is 0.507. The molecule has 0 aliphatic heterocycles. The standard InChI is InChI=1S/C13H20FN3.HI/c1-5-15-13(17(3)4)16-9-11-7-6-10(2)12(14)8-11;/h6-8H,5,9H2,1-4H3,(H,15,16);1H. The average molecular weight is 365 g/mol. The molecule has 0 amide bonds. The Kier molecular flexibility index (Phi) is 7.90. The van der Waals surface area contributed by atoms with Gasteiger partial charge in [0.2, 0.25) is 0 Å². The van der Waals surface area contributed by atoms with Crippen LogP contribution < -0.4 is 5.32 Å². The summed E-state index contributed by atoms with van der Waals surface area (Å²) in [5.41, 5.74) is 1.54. The molecular formula is C13H21FIN3. The minimum Gasteiger partial charge on any atom is -0.357 e. The molecule has 0 atom stereocenters. The zero-order valence-corrected chi connectivity index (χ0v) is 13.7. The first kappa shape index (κ1) is 17.2. The number of guanidine groups is 1. The Labute approximate surface area is 126 Å². The highest BCUT2D eigenvalue weighted by molar-refractivity contribution is 14.0. The van der Waals surface area contributed by atoms with Gasteiger partial charge in [0, 0.05) is 20.6 Å². The van der Waals surface area contributed by atoms with Crippen molar-refractivity contribution >= 4 is 29.9 Å². The summed E-state index contributed by atoms with van der Waals surface area (Å²) < 4.78 is 13.3. The summed E-state index contributed by atoms with van der Waals surface area (Å²) in [7, 11) is 3.86. The lowest BCUT2D eigenvalue weighted by Crippen LogP contribution is -2.36. The van der Waals surface area contributed by atoms with Gasteiger partial charge in [-0.2, -0.15) is 0 Å². The molecule has 5 heteroatoms. The van der Waals surface area contributed by atoms with Crippen molar-refractivity contribution in [3.8, 4) is 0 Å². The molecule has 0 spiro atoms. The van der Waals surface area contributed by atoms with Crippen molar-refractivity contribution in [2.75, 3.05) is 20.6 Å². The zero-order valence-electron chi connectivity index (χ0n) is 11.3. The van der Waals surface area contributed by atoms with E-state index in [9.17, 15) is 4.39 Å². The van der Waals surface area contributed by atoms with E-state index in [-0.39, 0.29) is 29.8 Å². The summed E-state index contributed by atoms with van der Waals surface area (Å²) in [6.45, 7) is 5.08. The van der Waals surface area contributed by atoms with Crippen molar-refractivity contribution in [3.63, 3.8) is 0 Å². The predicted molar refractivity (Wildman–Crippen MR) is 85.1 cm³/mol. The molecule has 0 fully saturated rings. The Bertz CT molecular complexity index is 405. The van der Waals surface area contributed by atoms with Gasteiger partial charge in [-0.05, 0) is 31.0 Å². The molecule has 18 heavy (non-hydrogen) atoms. The van der Waals surface area contributed by atoms with E-state index < -0.39 is 0 Å². The lowest BCUT2D eigenvalue weighted by molar-refractivity contribution is 0.582. The topological polar surface area (TPSA) is 27.6 Å². The second-order valence-corrected chi connectivity index (χ2v) is 4.15. The maximum atomic E-state index is 13.3. The number of benzene rings is 1. The summed E-state index contributed by atoms with van der Waals surface area (Å²) in [4.78, 5) is 6.33. The summed E-state index contributed by atoms with van der Waals surface area (Å²) >= 11 is 0. The first-order chi connectivity index (χ1) is 8.04. The van der Waals surface area contributed by atoms with Crippen molar-refractivity contribution in [3.05, 3.63) is 35.1 Å². The van der Waals surface area contributed by atoms with Crippen LogP contribution in [0.2, 0.25) is 0 Å². The second kappa shape index (κ2) is 8.29. The van der Waals surface area contributed by atoms with Gasteiger partial charge >= 0.3 is 0 Å². The fourth-order valence-electron chi connectivity index (χ4n) is 1.41. The lowest BCUT2D eigenvalue weighted by atomic mass is 10.1. The number of hydrogen-bond donors (Lipinski definition) is 1. The highest BCUT2D eigenvalue weighted by atomic mass is 127. The smallest absolute Gasteiger partial charge is 0.193 e. The Balaban J connectivity index is 0.00000289.